The van der Waals surface area contributed by atoms with Crippen molar-refractivity contribution in [3.8, 4) is 0 Å². The molecule has 0 aliphatic carbocycles. The Kier molecular flexibility index (Phi) is 5.57. The Hall–Kier alpha value is -2.62. The summed E-state index contributed by atoms with van der Waals surface area (Å²) >= 11 is 6.14. The van der Waals surface area contributed by atoms with Crippen LogP contribution in [0.4, 0.5) is 13.2 Å². The van der Waals surface area contributed by atoms with Crippen molar-refractivity contribution in [3.05, 3.63) is 46.1 Å². The monoisotopic (exact) mass is 442 g/mol. The fourth-order valence-electron chi connectivity index (χ4n) is 2.97. The summed E-state index contributed by atoms with van der Waals surface area (Å²) in [6.07, 6.45) is -3.17. The molecular formula is C19H22ClF3N6O. The van der Waals surface area contributed by atoms with Gasteiger partial charge in [0.05, 0.1) is 29.2 Å². The molecule has 0 aliphatic rings. The second-order valence-corrected chi connectivity index (χ2v) is 8.40. The maximum absolute atomic E-state index is 13.6. The lowest BCUT2D eigenvalue weighted by atomic mass is 9.91. The van der Waals surface area contributed by atoms with E-state index < -0.39 is 23.2 Å². The highest BCUT2D eigenvalue weighted by molar-refractivity contribution is 6.31. The lowest BCUT2D eigenvalue weighted by molar-refractivity contribution is -0.142. The summed E-state index contributed by atoms with van der Waals surface area (Å²) < 4.78 is 43.2. The van der Waals surface area contributed by atoms with Gasteiger partial charge in [0.2, 0.25) is 0 Å². The lowest BCUT2D eigenvalue weighted by Gasteiger charge is -2.19. The molecule has 0 aliphatic heterocycles. The van der Waals surface area contributed by atoms with Crippen molar-refractivity contribution in [1.29, 1.82) is 0 Å². The fourth-order valence-corrected chi connectivity index (χ4v) is 3.18. The van der Waals surface area contributed by atoms with E-state index in [9.17, 15) is 18.0 Å². The molecule has 3 rings (SSSR count). The quantitative estimate of drug-likeness (QED) is 0.607. The number of carbonyl (C=O) groups excluding carboxylic acids is 1. The van der Waals surface area contributed by atoms with Gasteiger partial charge in [0.1, 0.15) is 5.69 Å². The molecule has 0 spiro atoms. The first-order chi connectivity index (χ1) is 13.8. The minimum absolute atomic E-state index is 0.0388. The van der Waals surface area contributed by atoms with Crippen molar-refractivity contribution in [2.24, 2.45) is 0 Å². The summed E-state index contributed by atoms with van der Waals surface area (Å²) in [6.45, 7) is 7.88. The molecule has 0 aromatic carbocycles. The van der Waals surface area contributed by atoms with Crippen LogP contribution in [0, 0.1) is 0 Å². The first-order valence-corrected chi connectivity index (χ1v) is 9.65. The zero-order valence-electron chi connectivity index (χ0n) is 17.2. The molecule has 0 saturated heterocycles. The van der Waals surface area contributed by atoms with E-state index in [1.54, 1.807) is 25.5 Å². The summed E-state index contributed by atoms with van der Waals surface area (Å²) in [7, 11) is 1.52. The van der Waals surface area contributed by atoms with Crippen LogP contribution in [0.5, 0.6) is 0 Å². The molecule has 11 heteroatoms. The van der Waals surface area contributed by atoms with E-state index in [2.05, 4.69) is 15.2 Å². The van der Waals surface area contributed by atoms with Gasteiger partial charge in [0.15, 0.2) is 11.3 Å². The number of hydrogen-bond donors (Lipinski definition) is 0. The van der Waals surface area contributed by atoms with Gasteiger partial charge in [0, 0.05) is 25.1 Å². The first-order valence-electron chi connectivity index (χ1n) is 9.27. The number of hydrogen-bond acceptors (Lipinski definition) is 4. The number of aromatic nitrogens is 5. The molecule has 7 nitrogen and oxygen atoms in total. The molecule has 3 aromatic heterocycles. The van der Waals surface area contributed by atoms with E-state index in [4.69, 9.17) is 11.6 Å². The Morgan fingerprint density at radius 1 is 1.23 bits per heavy atom. The van der Waals surface area contributed by atoms with Crippen LogP contribution >= 0.6 is 11.6 Å². The standard InChI is InChI=1S/C19H22ClF3N6O/c1-6-28-13(11(20)9-24-28)10-27(5)17(30)12-7-16-25-14(18(2,3)4)8-15(19(21,22)23)29(16)26-12/h7-9H,6,10H2,1-5H3. The maximum atomic E-state index is 13.6. The van der Waals surface area contributed by atoms with Crippen molar-refractivity contribution < 1.29 is 18.0 Å². The van der Waals surface area contributed by atoms with Gasteiger partial charge >= 0.3 is 6.18 Å². The van der Waals surface area contributed by atoms with E-state index in [1.165, 1.54) is 24.2 Å². The van der Waals surface area contributed by atoms with Crippen molar-refractivity contribution in [3.63, 3.8) is 0 Å². The second-order valence-electron chi connectivity index (χ2n) is 7.99. The van der Waals surface area contributed by atoms with Crippen LogP contribution in [-0.2, 0) is 24.7 Å². The fraction of sp³-hybridized carbons (Fsp3) is 0.474. The summed E-state index contributed by atoms with van der Waals surface area (Å²) in [6, 6.07) is 2.24. The van der Waals surface area contributed by atoms with Gasteiger partial charge in [-0.25, -0.2) is 9.50 Å². The maximum Gasteiger partial charge on any atom is 0.433 e. The molecule has 0 saturated carbocycles. The van der Waals surface area contributed by atoms with Crippen LogP contribution < -0.4 is 0 Å². The molecule has 3 aromatic rings. The molecule has 0 fully saturated rings. The normalized spacial score (nSPS) is 12.6. The molecule has 0 bridgehead atoms. The van der Waals surface area contributed by atoms with Gasteiger partial charge in [-0.15, -0.1) is 0 Å². The number of halogens is 4. The van der Waals surface area contributed by atoms with Crippen molar-refractivity contribution in [1.82, 2.24) is 29.3 Å². The topological polar surface area (TPSA) is 68.3 Å². The number of fused-ring (bicyclic) bond motifs is 1. The Balaban J connectivity index is 2.02. The van der Waals surface area contributed by atoms with E-state index in [-0.39, 0.29) is 23.6 Å². The SMILES string of the molecule is CCn1ncc(Cl)c1CN(C)C(=O)c1cc2nc(C(C)(C)C)cc(C(F)(F)F)n2n1. The van der Waals surface area contributed by atoms with Crippen molar-refractivity contribution in [2.75, 3.05) is 7.05 Å². The van der Waals surface area contributed by atoms with Gasteiger partial charge in [-0.2, -0.15) is 23.4 Å². The third-order valence-electron chi connectivity index (χ3n) is 4.64. The Labute approximate surface area is 176 Å². The van der Waals surface area contributed by atoms with Gasteiger partial charge in [-0.3, -0.25) is 9.48 Å². The Bertz CT molecular complexity index is 1100. The summed E-state index contributed by atoms with van der Waals surface area (Å²) in [5, 5.41) is 8.43. The zero-order chi connectivity index (χ0) is 22.4. The highest BCUT2D eigenvalue weighted by atomic mass is 35.5. The predicted octanol–water partition coefficient (Wildman–Crippen LogP) is 4.19. The lowest BCUT2D eigenvalue weighted by Crippen LogP contribution is -2.28. The molecule has 0 atom stereocenters. The minimum Gasteiger partial charge on any atom is -0.334 e. The molecule has 0 unspecified atom stereocenters. The second kappa shape index (κ2) is 7.57. The van der Waals surface area contributed by atoms with Gasteiger partial charge < -0.3 is 4.90 Å². The van der Waals surface area contributed by atoms with Gasteiger partial charge in [0.25, 0.3) is 5.91 Å². The molecule has 0 N–H and O–H groups in total. The average Bonchev–Trinajstić information content (AvgIpc) is 3.22. The number of rotatable bonds is 4. The third-order valence-corrected chi connectivity index (χ3v) is 4.95. The Morgan fingerprint density at radius 2 is 1.90 bits per heavy atom. The third kappa shape index (κ3) is 4.14. The van der Waals surface area contributed by atoms with E-state index in [0.29, 0.717) is 21.8 Å². The van der Waals surface area contributed by atoms with E-state index in [1.807, 2.05) is 6.92 Å². The minimum atomic E-state index is -4.65. The van der Waals surface area contributed by atoms with Crippen LogP contribution in [-0.4, -0.2) is 42.2 Å². The van der Waals surface area contributed by atoms with Crippen molar-refractivity contribution >= 4 is 23.2 Å². The number of aryl methyl sites for hydroxylation is 1. The van der Waals surface area contributed by atoms with Crippen LogP contribution in [0.3, 0.4) is 0 Å². The van der Waals surface area contributed by atoms with Crippen molar-refractivity contribution in [2.45, 2.75) is 52.4 Å². The molecule has 3 heterocycles. The van der Waals surface area contributed by atoms with E-state index in [0.717, 1.165) is 6.07 Å². The number of carbonyl (C=O) groups is 1. The van der Waals surface area contributed by atoms with Crippen LogP contribution in [0.25, 0.3) is 5.65 Å². The first kappa shape index (κ1) is 22.1. The number of alkyl halides is 3. The molecule has 1 amide bonds. The number of nitrogens with zero attached hydrogens (tertiary/aromatic N) is 6. The molecule has 162 valence electrons. The summed E-state index contributed by atoms with van der Waals surface area (Å²) in [5.41, 5.74) is -0.881. The number of amides is 1. The van der Waals surface area contributed by atoms with Crippen LogP contribution in [0.2, 0.25) is 5.02 Å². The molecule has 30 heavy (non-hydrogen) atoms. The van der Waals surface area contributed by atoms with Gasteiger partial charge in [-0.05, 0) is 13.0 Å². The summed E-state index contributed by atoms with van der Waals surface area (Å²) in [5.74, 6) is -0.550. The highest BCUT2D eigenvalue weighted by Gasteiger charge is 2.36. The highest BCUT2D eigenvalue weighted by Crippen LogP contribution is 2.32. The largest absolute Gasteiger partial charge is 0.433 e. The predicted molar refractivity (Wildman–Crippen MR) is 105 cm³/mol. The summed E-state index contributed by atoms with van der Waals surface area (Å²) in [4.78, 5) is 18.5. The average molecular weight is 443 g/mol. The van der Waals surface area contributed by atoms with E-state index >= 15 is 0 Å². The molecular weight excluding hydrogens is 421 g/mol. The Morgan fingerprint density at radius 3 is 2.47 bits per heavy atom. The van der Waals surface area contributed by atoms with Crippen LogP contribution in [0.1, 0.15) is 55.3 Å². The van der Waals surface area contributed by atoms with Gasteiger partial charge in [-0.1, -0.05) is 32.4 Å². The smallest absolute Gasteiger partial charge is 0.334 e. The molecule has 0 radical (unpaired) electrons. The zero-order valence-corrected chi connectivity index (χ0v) is 18.0. The van der Waals surface area contributed by atoms with Crippen LogP contribution in [0.15, 0.2) is 18.3 Å².